The molecule has 1 aliphatic rings. The highest BCUT2D eigenvalue weighted by Gasteiger charge is 2.35. The average Bonchev–Trinajstić information content (AvgIpc) is 3.15. The molecule has 1 saturated heterocycles. The van der Waals surface area contributed by atoms with E-state index in [2.05, 4.69) is 20.6 Å². The molecule has 33 heavy (non-hydrogen) atoms. The van der Waals surface area contributed by atoms with Gasteiger partial charge in [0.05, 0.1) is 4.90 Å². The van der Waals surface area contributed by atoms with Crippen LogP contribution < -0.4 is 10.6 Å². The monoisotopic (exact) mass is 486 g/mol. The van der Waals surface area contributed by atoms with Gasteiger partial charge in [-0.2, -0.15) is 18.2 Å². The summed E-state index contributed by atoms with van der Waals surface area (Å²) in [5.41, 5.74) is -0.594. The van der Waals surface area contributed by atoms with Crippen LogP contribution in [-0.2, 0) is 21.0 Å². The zero-order valence-corrected chi connectivity index (χ0v) is 19.0. The molecule has 1 fully saturated rings. The Hall–Kier alpha value is -2.93. The van der Waals surface area contributed by atoms with Crippen LogP contribution in [0.15, 0.2) is 35.4 Å². The fraction of sp³-hybridized carbons (Fsp3) is 0.450. The Labute approximate surface area is 190 Å². The minimum absolute atomic E-state index is 0.0592. The highest BCUT2D eigenvalue weighted by Crippen LogP contribution is 2.34. The van der Waals surface area contributed by atoms with Crippen molar-refractivity contribution in [3.63, 3.8) is 0 Å². The van der Waals surface area contributed by atoms with E-state index in [0.29, 0.717) is 37.8 Å². The zero-order chi connectivity index (χ0) is 24.2. The molecule has 180 valence electrons. The van der Waals surface area contributed by atoms with Crippen LogP contribution in [0.25, 0.3) is 0 Å². The van der Waals surface area contributed by atoms with Gasteiger partial charge in [0.15, 0.2) is 0 Å². The number of likely N-dealkylation sites (tertiary alicyclic amines) is 1. The van der Waals surface area contributed by atoms with Gasteiger partial charge < -0.3 is 15.5 Å². The first kappa shape index (κ1) is 24.7. The molecule has 0 bridgehead atoms. The predicted molar refractivity (Wildman–Crippen MR) is 117 cm³/mol. The number of rotatable bonds is 9. The topological polar surface area (TPSA) is 108 Å². The first-order valence-electron chi connectivity index (χ1n) is 10.2. The fourth-order valence-corrected chi connectivity index (χ4v) is 4.15. The summed E-state index contributed by atoms with van der Waals surface area (Å²) in [4.78, 5) is 21.1. The number of nitrogens with one attached hydrogen (secondary N) is 2. The molecule has 9 nitrogen and oxygen atoms in total. The summed E-state index contributed by atoms with van der Waals surface area (Å²) in [6, 6.07) is 5.69. The Morgan fingerprint density at radius 1 is 1.18 bits per heavy atom. The van der Waals surface area contributed by atoms with Gasteiger partial charge in [-0.25, -0.2) is 17.7 Å². The summed E-state index contributed by atoms with van der Waals surface area (Å²) in [5, 5.41) is 5.47. The van der Waals surface area contributed by atoms with Crippen molar-refractivity contribution in [3.05, 3.63) is 36.0 Å². The molecule has 13 heteroatoms. The van der Waals surface area contributed by atoms with Crippen LogP contribution in [0, 0.1) is 0 Å². The van der Waals surface area contributed by atoms with Gasteiger partial charge in [0.2, 0.25) is 21.9 Å². The molecule has 0 radical (unpaired) electrons. The molecule has 0 saturated carbocycles. The van der Waals surface area contributed by atoms with Crippen LogP contribution in [0.4, 0.5) is 30.6 Å². The number of aromatic nitrogens is 2. The standard InChI is InChI=1S/C20H25F3N6O3S/c1-28(2)33(31,32)15-8-6-14(7-9-15)26-19-25-13-16(20(21,22)23)18(27-19)24-10-4-12-29-11-3-5-17(29)30/h6-9,13H,3-5,10-12H2,1-2H3,(H2,24,25,26,27). The quantitative estimate of drug-likeness (QED) is 0.525. The zero-order valence-electron chi connectivity index (χ0n) is 18.2. The highest BCUT2D eigenvalue weighted by molar-refractivity contribution is 7.89. The molecule has 0 spiro atoms. The minimum Gasteiger partial charge on any atom is -0.369 e. The van der Waals surface area contributed by atoms with E-state index in [-0.39, 0.29) is 29.1 Å². The van der Waals surface area contributed by atoms with Crippen LogP contribution >= 0.6 is 0 Å². The molecular weight excluding hydrogens is 461 g/mol. The van der Waals surface area contributed by atoms with Crippen LogP contribution in [0.1, 0.15) is 24.8 Å². The van der Waals surface area contributed by atoms with Crippen molar-refractivity contribution in [1.82, 2.24) is 19.2 Å². The van der Waals surface area contributed by atoms with E-state index >= 15 is 0 Å². The van der Waals surface area contributed by atoms with Crippen molar-refractivity contribution in [2.45, 2.75) is 30.3 Å². The number of nitrogens with zero attached hydrogens (tertiary/aromatic N) is 4. The molecule has 3 rings (SSSR count). The van der Waals surface area contributed by atoms with Gasteiger partial charge in [0.25, 0.3) is 0 Å². The van der Waals surface area contributed by atoms with E-state index in [1.807, 2.05) is 0 Å². The Morgan fingerprint density at radius 3 is 2.45 bits per heavy atom. The number of hydrogen-bond donors (Lipinski definition) is 2. The van der Waals surface area contributed by atoms with E-state index in [1.54, 1.807) is 4.90 Å². The normalized spacial score (nSPS) is 14.7. The molecule has 1 aromatic carbocycles. The molecule has 0 aliphatic carbocycles. The van der Waals surface area contributed by atoms with E-state index in [1.165, 1.54) is 38.4 Å². The number of sulfonamides is 1. The third-order valence-corrected chi connectivity index (χ3v) is 6.88. The van der Waals surface area contributed by atoms with Crippen molar-refractivity contribution in [1.29, 1.82) is 0 Å². The van der Waals surface area contributed by atoms with Crippen molar-refractivity contribution < 1.29 is 26.4 Å². The molecular formula is C20H25F3N6O3S. The maximum absolute atomic E-state index is 13.4. The Balaban J connectivity index is 1.70. The maximum Gasteiger partial charge on any atom is 0.421 e. The number of halogens is 3. The molecule has 1 aliphatic heterocycles. The minimum atomic E-state index is -4.64. The summed E-state index contributed by atoms with van der Waals surface area (Å²) in [6.45, 7) is 1.33. The third kappa shape index (κ3) is 6.11. The lowest BCUT2D eigenvalue weighted by atomic mass is 10.3. The molecule has 2 N–H and O–H groups in total. The second-order valence-electron chi connectivity index (χ2n) is 7.66. The molecule has 1 aromatic heterocycles. The number of alkyl halides is 3. The maximum atomic E-state index is 13.4. The largest absolute Gasteiger partial charge is 0.421 e. The second kappa shape index (κ2) is 9.91. The number of hydrogen-bond acceptors (Lipinski definition) is 7. The SMILES string of the molecule is CN(C)S(=O)(=O)c1ccc(Nc2ncc(C(F)(F)F)c(NCCCN3CCCC3=O)n2)cc1. The summed E-state index contributed by atoms with van der Waals surface area (Å²) < 4.78 is 65.5. The van der Waals surface area contributed by atoms with Crippen molar-refractivity contribution in [2.75, 3.05) is 44.4 Å². The van der Waals surface area contributed by atoms with Crippen molar-refractivity contribution >= 4 is 33.4 Å². The van der Waals surface area contributed by atoms with E-state index < -0.39 is 21.8 Å². The highest BCUT2D eigenvalue weighted by atomic mass is 32.2. The van der Waals surface area contributed by atoms with E-state index in [4.69, 9.17) is 0 Å². The smallest absolute Gasteiger partial charge is 0.369 e. The molecule has 1 amide bonds. The second-order valence-corrected chi connectivity index (χ2v) is 9.81. The Morgan fingerprint density at radius 2 is 1.88 bits per heavy atom. The van der Waals surface area contributed by atoms with Crippen LogP contribution in [-0.4, -0.2) is 67.2 Å². The number of benzene rings is 1. The molecule has 2 aromatic rings. The summed E-state index contributed by atoms with van der Waals surface area (Å²) >= 11 is 0. The van der Waals surface area contributed by atoms with Crippen LogP contribution in [0.5, 0.6) is 0 Å². The summed E-state index contributed by atoms with van der Waals surface area (Å²) in [6.07, 6.45) is -2.18. The van der Waals surface area contributed by atoms with Gasteiger partial charge in [-0.3, -0.25) is 4.79 Å². The third-order valence-electron chi connectivity index (χ3n) is 5.05. The predicted octanol–water partition coefficient (Wildman–Crippen LogP) is 2.91. The van der Waals surface area contributed by atoms with Crippen LogP contribution in [0.2, 0.25) is 0 Å². The van der Waals surface area contributed by atoms with Gasteiger partial charge in [-0.1, -0.05) is 0 Å². The first-order valence-corrected chi connectivity index (χ1v) is 11.7. The molecule has 0 atom stereocenters. The van der Waals surface area contributed by atoms with E-state index in [9.17, 15) is 26.4 Å². The molecule has 2 heterocycles. The van der Waals surface area contributed by atoms with E-state index in [0.717, 1.165) is 10.7 Å². The Kier molecular flexibility index (Phi) is 7.42. The fourth-order valence-electron chi connectivity index (χ4n) is 3.25. The summed E-state index contributed by atoms with van der Waals surface area (Å²) in [5.74, 6) is -0.396. The summed E-state index contributed by atoms with van der Waals surface area (Å²) in [7, 11) is -0.779. The van der Waals surface area contributed by atoms with Crippen molar-refractivity contribution in [2.24, 2.45) is 0 Å². The van der Waals surface area contributed by atoms with Gasteiger partial charge in [-0.05, 0) is 37.1 Å². The number of anilines is 3. The molecule has 0 unspecified atom stereocenters. The number of amides is 1. The van der Waals surface area contributed by atoms with Gasteiger partial charge in [0.1, 0.15) is 11.4 Å². The van der Waals surface area contributed by atoms with Crippen LogP contribution in [0.3, 0.4) is 0 Å². The van der Waals surface area contributed by atoms with Crippen molar-refractivity contribution in [3.8, 4) is 0 Å². The van der Waals surface area contributed by atoms with Gasteiger partial charge >= 0.3 is 6.18 Å². The number of carbonyl (C=O) groups excluding carboxylic acids is 1. The Bertz CT molecular complexity index is 1090. The van der Waals surface area contributed by atoms with Gasteiger partial charge in [0, 0.05) is 52.0 Å². The van der Waals surface area contributed by atoms with Gasteiger partial charge in [-0.15, -0.1) is 0 Å². The lowest BCUT2D eigenvalue weighted by molar-refractivity contribution is -0.137. The average molecular weight is 487 g/mol. The number of carbonyl (C=O) groups is 1. The first-order chi connectivity index (χ1) is 15.5. The lowest BCUT2D eigenvalue weighted by Gasteiger charge is -2.17. The lowest BCUT2D eigenvalue weighted by Crippen LogP contribution is -2.27.